The summed E-state index contributed by atoms with van der Waals surface area (Å²) in [6.07, 6.45) is 0. The lowest BCUT2D eigenvalue weighted by atomic mass is 10.2. The van der Waals surface area contributed by atoms with E-state index in [0.717, 1.165) is 0 Å². The average Bonchev–Trinajstić information content (AvgIpc) is 2.65. The van der Waals surface area contributed by atoms with Crippen molar-refractivity contribution < 1.29 is 23.9 Å². The standard InChI is InChI=1S/C19H23N3O6/c1-4-26-16-11-13(12-17(27-5-2)18(16)28-6-3)20-19(23)21-14-9-7-8-10-15(14)22(24)25/h7-12H,4-6H2,1-3H3,(H2,20,21,23). The third-order valence-corrected chi connectivity index (χ3v) is 3.52. The van der Waals surface area contributed by atoms with Crippen LogP contribution in [0.5, 0.6) is 17.2 Å². The number of carbonyl (C=O) groups excluding carboxylic acids is 1. The normalized spacial score (nSPS) is 10.1. The maximum atomic E-state index is 12.3. The van der Waals surface area contributed by atoms with Crippen molar-refractivity contribution in [2.24, 2.45) is 0 Å². The van der Waals surface area contributed by atoms with Gasteiger partial charge in [0.1, 0.15) is 5.69 Å². The van der Waals surface area contributed by atoms with Crippen molar-refractivity contribution in [2.75, 3.05) is 30.5 Å². The van der Waals surface area contributed by atoms with Gasteiger partial charge in [0.2, 0.25) is 5.75 Å². The Balaban J connectivity index is 2.27. The second-order valence-electron chi connectivity index (χ2n) is 5.45. The molecular weight excluding hydrogens is 366 g/mol. The van der Waals surface area contributed by atoms with Crippen molar-refractivity contribution in [1.29, 1.82) is 0 Å². The van der Waals surface area contributed by atoms with Gasteiger partial charge in [0, 0.05) is 18.2 Å². The zero-order valence-electron chi connectivity index (χ0n) is 16.0. The lowest BCUT2D eigenvalue weighted by Crippen LogP contribution is -2.20. The van der Waals surface area contributed by atoms with E-state index in [1.807, 2.05) is 20.8 Å². The number of rotatable bonds is 9. The van der Waals surface area contributed by atoms with E-state index in [0.29, 0.717) is 42.8 Å². The Morgan fingerprint density at radius 2 is 1.54 bits per heavy atom. The molecule has 28 heavy (non-hydrogen) atoms. The van der Waals surface area contributed by atoms with Crippen molar-refractivity contribution >= 4 is 23.1 Å². The quantitative estimate of drug-likeness (QED) is 0.484. The van der Waals surface area contributed by atoms with Gasteiger partial charge in [-0.2, -0.15) is 0 Å². The molecule has 0 radical (unpaired) electrons. The number of ether oxygens (including phenoxy) is 3. The maximum Gasteiger partial charge on any atom is 0.323 e. The molecule has 0 aliphatic carbocycles. The summed E-state index contributed by atoms with van der Waals surface area (Å²) in [5.74, 6) is 1.31. The van der Waals surface area contributed by atoms with Gasteiger partial charge >= 0.3 is 6.03 Å². The molecule has 0 atom stereocenters. The first kappa shape index (κ1) is 20.8. The highest BCUT2D eigenvalue weighted by atomic mass is 16.6. The van der Waals surface area contributed by atoms with E-state index in [-0.39, 0.29) is 11.4 Å². The molecule has 150 valence electrons. The van der Waals surface area contributed by atoms with Gasteiger partial charge in [0.05, 0.1) is 30.4 Å². The minimum atomic E-state index is -0.636. The first-order chi connectivity index (χ1) is 13.5. The van der Waals surface area contributed by atoms with E-state index in [1.54, 1.807) is 18.2 Å². The van der Waals surface area contributed by atoms with Gasteiger partial charge in [-0.1, -0.05) is 12.1 Å². The summed E-state index contributed by atoms with van der Waals surface area (Å²) in [5, 5.41) is 16.2. The first-order valence-corrected chi connectivity index (χ1v) is 8.87. The van der Waals surface area contributed by atoms with Gasteiger partial charge in [-0.25, -0.2) is 4.79 Å². The molecular formula is C19H23N3O6. The average molecular weight is 389 g/mol. The fourth-order valence-electron chi connectivity index (χ4n) is 2.48. The third kappa shape index (κ3) is 5.26. The Labute approximate surface area is 162 Å². The summed E-state index contributed by atoms with van der Waals surface area (Å²) >= 11 is 0. The number of urea groups is 1. The molecule has 0 saturated heterocycles. The lowest BCUT2D eigenvalue weighted by Gasteiger charge is -2.17. The molecule has 2 rings (SSSR count). The monoisotopic (exact) mass is 389 g/mol. The van der Waals surface area contributed by atoms with Crippen LogP contribution in [0.25, 0.3) is 0 Å². The number of carbonyl (C=O) groups is 1. The lowest BCUT2D eigenvalue weighted by molar-refractivity contribution is -0.383. The molecule has 0 bridgehead atoms. The van der Waals surface area contributed by atoms with Crippen LogP contribution in [0.15, 0.2) is 36.4 Å². The number of nitro groups is 1. The number of hydrogen-bond donors (Lipinski definition) is 2. The number of nitro benzene ring substituents is 1. The summed E-state index contributed by atoms with van der Waals surface area (Å²) in [7, 11) is 0. The molecule has 9 heteroatoms. The van der Waals surface area contributed by atoms with Crippen LogP contribution in [0.1, 0.15) is 20.8 Å². The predicted octanol–water partition coefficient (Wildman–Crippen LogP) is 4.43. The zero-order valence-corrected chi connectivity index (χ0v) is 16.0. The highest BCUT2D eigenvalue weighted by Crippen LogP contribution is 2.40. The molecule has 9 nitrogen and oxygen atoms in total. The Morgan fingerprint density at radius 1 is 0.964 bits per heavy atom. The number of amides is 2. The summed E-state index contributed by atoms with van der Waals surface area (Å²) in [4.78, 5) is 22.9. The Kier molecular flexibility index (Phi) is 7.44. The molecule has 0 aromatic heterocycles. The molecule has 0 aliphatic rings. The second kappa shape index (κ2) is 10.0. The predicted molar refractivity (Wildman–Crippen MR) is 106 cm³/mol. The van der Waals surface area contributed by atoms with Crippen LogP contribution in [-0.2, 0) is 0 Å². The second-order valence-corrected chi connectivity index (χ2v) is 5.45. The smallest absolute Gasteiger partial charge is 0.323 e. The van der Waals surface area contributed by atoms with Crippen LogP contribution < -0.4 is 24.8 Å². The molecule has 0 heterocycles. The van der Waals surface area contributed by atoms with E-state index in [4.69, 9.17) is 14.2 Å². The van der Waals surface area contributed by atoms with Crippen molar-refractivity contribution in [3.63, 3.8) is 0 Å². The molecule has 2 aromatic rings. The molecule has 2 aromatic carbocycles. The van der Waals surface area contributed by atoms with Crippen LogP contribution in [-0.4, -0.2) is 30.8 Å². The molecule has 2 amide bonds. The minimum Gasteiger partial charge on any atom is -0.490 e. The maximum absolute atomic E-state index is 12.3. The zero-order chi connectivity index (χ0) is 20.5. The van der Waals surface area contributed by atoms with Gasteiger partial charge in [-0.15, -0.1) is 0 Å². The number of benzene rings is 2. The van der Waals surface area contributed by atoms with Crippen molar-refractivity contribution in [3.8, 4) is 17.2 Å². The Bertz CT molecular complexity index is 813. The van der Waals surface area contributed by atoms with E-state index >= 15 is 0 Å². The number of nitrogens with one attached hydrogen (secondary N) is 2. The molecule has 0 unspecified atom stereocenters. The third-order valence-electron chi connectivity index (χ3n) is 3.52. The first-order valence-electron chi connectivity index (χ1n) is 8.87. The largest absolute Gasteiger partial charge is 0.490 e. The van der Waals surface area contributed by atoms with Gasteiger partial charge in [0.15, 0.2) is 11.5 Å². The van der Waals surface area contributed by atoms with Crippen molar-refractivity contribution in [2.45, 2.75) is 20.8 Å². The van der Waals surface area contributed by atoms with Gasteiger partial charge < -0.3 is 24.8 Å². The SMILES string of the molecule is CCOc1cc(NC(=O)Nc2ccccc2[N+](=O)[O-])cc(OCC)c1OCC. The van der Waals surface area contributed by atoms with Gasteiger partial charge in [-0.3, -0.25) is 10.1 Å². The van der Waals surface area contributed by atoms with Crippen LogP contribution in [0.2, 0.25) is 0 Å². The molecule has 2 N–H and O–H groups in total. The van der Waals surface area contributed by atoms with E-state index in [1.165, 1.54) is 18.2 Å². The highest BCUT2D eigenvalue weighted by molar-refractivity contribution is 6.01. The Hall–Kier alpha value is -3.49. The molecule has 0 aliphatic heterocycles. The summed E-state index contributed by atoms with van der Waals surface area (Å²) < 4.78 is 16.8. The molecule has 0 spiro atoms. The summed E-state index contributed by atoms with van der Waals surface area (Å²) in [6.45, 7) is 6.73. The molecule has 0 fully saturated rings. The van der Waals surface area contributed by atoms with Crippen LogP contribution >= 0.6 is 0 Å². The highest BCUT2D eigenvalue weighted by Gasteiger charge is 2.18. The number of para-hydroxylation sites is 2. The van der Waals surface area contributed by atoms with Crippen molar-refractivity contribution in [1.82, 2.24) is 0 Å². The van der Waals surface area contributed by atoms with E-state index in [9.17, 15) is 14.9 Å². The van der Waals surface area contributed by atoms with Crippen LogP contribution in [0.3, 0.4) is 0 Å². The minimum absolute atomic E-state index is 0.0889. The van der Waals surface area contributed by atoms with Gasteiger partial charge in [-0.05, 0) is 26.8 Å². The Morgan fingerprint density at radius 3 is 2.07 bits per heavy atom. The van der Waals surface area contributed by atoms with Crippen molar-refractivity contribution in [3.05, 3.63) is 46.5 Å². The number of anilines is 2. The van der Waals surface area contributed by atoms with Crippen LogP contribution in [0, 0.1) is 10.1 Å². The fourth-order valence-corrected chi connectivity index (χ4v) is 2.48. The summed E-state index contributed by atoms with van der Waals surface area (Å²) in [6, 6.07) is 8.46. The molecule has 0 saturated carbocycles. The van der Waals surface area contributed by atoms with E-state index < -0.39 is 11.0 Å². The summed E-state index contributed by atoms with van der Waals surface area (Å²) in [5.41, 5.74) is 0.284. The fraction of sp³-hybridized carbons (Fsp3) is 0.316. The van der Waals surface area contributed by atoms with Crippen LogP contribution in [0.4, 0.5) is 21.9 Å². The topological polar surface area (TPSA) is 112 Å². The number of nitrogens with zero attached hydrogens (tertiary/aromatic N) is 1. The van der Waals surface area contributed by atoms with E-state index in [2.05, 4.69) is 10.6 Å². The number of hydrogen-bond acceptors (Lipinski definition) is 6. The van der Waals surface area contributed by atoms with Gasteiger partial charge in [0.25, 0.3) is 5.69 Å².